The lowest BCUT2D eigenvalue weighted by Crippen LogP contribution is -2.63. The molecule has 2 aliphatic heterocycles. The number of hydrogen-bond donors (Lipinski definition) is 1. The van der Waals surface area contributed by atoms with Crippen molar-refractivity contribution in [3.8, 4) is 0 Å². The number of anilines is 1. The molecule has 25 heavy (non-hydrogen) atoms. The number of fused-ring (bicyclic) bond motifs is 1. The molecular formula is C22H30N2O. The van der Waals surface area contributed by atoms with Crippen LogP contribution in [0, 0.1) is 11.8 Å². The van der Waals surface area contributed by atoms with Crippen LogP contribution >= 0.6 is 0 Å². The van der Waals surface area contributed by atoms with E-state index >= 15 is 0 Å². The van der Waals surface area contributed by atoms with E-state index in [2.05, 4.69) is 48.0 Å². The summed E-state index contributed by atoms with van der Waals surface area (Å²) in [5, 5.41) is 3.81. The van der Waals surface area contributed by atoms with Crippen molar-refractivity contribution in [3.63, 3.8) is 0 Å². The minimum Gasteiger partial charge on any atom is -0.380 e. The lowest BCUT2D eigenvalue weighted by Gasteiger charge is -2.54. The third kappa shape index (κ3) is 2.55. The molecule has 2 heterocycles. The van der Waals surface area contributed by atoms with Gasteiger partial charge in [-0.3, -0.25) is 9.69 Å². The Hall–Kier alpha value is -1.61. The van der Waals surface area contributed by atoms with E-state index in [1.165, 1.54) is 11.3 Å². The van der Waals surface area contributed by atoms with Gasteiger partial charge in [0, 0.05) is 42.6 Å². The van der Waals surface area contributed by atoms with E-state index in [1.807, 2.05) is 6.08 Å². The number of carbonyl (C=O) groups excluding carboxylic acids is 1. The number of hydrogen-bond acceptors (Lipinski definition) is 3. The number of ketones is 1. The Bertz CT molecular complexity index is 670. The summed E-state index contributed by atoms with van der Waals surface area (Å²) in [5.41, 5.74) is 2.80. The van der Waals surface area contributed by atoms with Crippen LogP contribution in [-0.2, 0) is 10.2 Å². The maximum absolute atomic E-state index is 13.0. The Morgan fingerprint density at radius 1 is 1.40 bits per heavy atom. The molecule has 1 aliphatic carbocycles. The molecular weight excluding hydrogens is 308 g/mol. The predicted octanol–water partition coefficient (Wildman–Crippen LogP) is 4.01. The summed E-state index contributed by atoms with van der Waals surface area (Å²) in [4.78, 5) is 15.5. The van der Waals surface area contributed by atoms with Crippen LogP contribution in [0.3, 0.4) is 0 Å². The lowest BCUT2D eigenvalue weighted by atomic mass is 9.55. The Balaban J connectivity index is 1.77. The average Bonchev–Trinajstić information content (AvgIpc) is 2.94. The van der Waals surface area contributed by atoms with Gasteiger partial charge in [0.15, 0.2) is 0 Å². The van der Waals surface area contributed by atoms with Crippen LogP contribution in [0.15, 0.2) is 36.9 Å². The number of nitrogens with zero attached hydrogens (tertiary/aromatic N) is 1. The number of piperidine rings is 1. The standard InChI is InChI=1S/C22H30N2O/c1-3-5-8-17-20(25)14-16-11-13-24(12-4-2)15-22(16)18-9-6-7-10-19(18)23-21(17)22/h4,6-7,9-10,16-17,21,23H,2-3,5,8,11-15H2,1H3/t16-,17+,21+,22+/m1/s1. The summed E-state index contributed by atoms with van der Waals surface area (Å²) in [6.07, 6.45) is 7.22. The highest BCUT2D eigenvalue weighted by Gasteiger charge is 2.60. The highest BCUT2D eigenvalue weighted by atomic mass is 16.1. The summed E-state index contributed by atoms with van der Waals surface area (Å²) in [6.45, 7) is 9.23. The zero-order chi connectivity index (χ0) is 17.4. The number of Topliss-reactive ketones (excluding diaryl/α,β-unsaturated/α-hetero) is 1. The van der Waals surface area contributed by atoms with Gasteiger partial charge in [-0.1, -0.05) is 44.0 Å². The zero-order valence-corrected chi connectivity index (χ0v) is 15.3. The maximum Gasteiger partial charge on any atom is 0.138 e. The second-order valence-corrected chi connectivity index (χ2v) is 8.14. The quantitative estimate of drug-likeness (QED) is 0.824. The first-order valence-electron chi connectivity index (χ1n) is 9.92. The highest BCUT2D eigenvalue weighted by molar-refractivity contribution is 5.86. The number of unbranched alkanes of at least 4 members (excludes halogenated alkanes) is 1. The molecule has 2 fully saturated rings. The number of nitrogens with one attached hydrogen (secondary N) is 1. The van der Waals surface area contributed by atoms with Gasteiger partial charge in [-0.2, -0.15) is 0 Å². The molecule has 1 N–H and O–H groups in total. The fourth-order valence-electron chi connectivity index (χ4n) is 5.72. The molecule has 3 aliphatic rings. The maximum atomic E-state index is 13.0. The normalized spacial score (nSPS) is 34.0. The largest absolute Gasteiger partial charge is 0.380 e. The van der Waals surface area contributed by atoms with Gasteiger partial charge in [0.05, 0.1) is 0 Å². The molecule has 1 spiro atoms. The lowest BCUT2D eigenvalue weighted by molar-refractivity contribution is -0.131. The van der Waals surface area contributed by atoms with Gasteiger partial charge in [0.2, 0.25) is 0 Å². The number of carbonyl (C=O) groups is 1. The molecule has 4 rings (SSSR count). The van der Waals surface area contributed by atoms with Crippen molar-refractivity contribution >= 4 is 11.5 Å². The summed E-state index contributed by atoms with van der Waals surface area (Å²) in [7, 11) is 0. The molecule has 0 unspecified atom stereocenters. The molecule has 0 bridgehead atoms. The molecule has 0 aromatic heterocycles. The smallest absolute Gasteiger partial charge is 0.138 e. The van der Waals surface area contributed by atoms with Crippen LogP contribution < -0.4 is 5.32 Å². The fourth-order valence-corrected chi connectivity index (χ4v) is 5.72. The second-order valence-electron chi connectivity index (χ2n) is 8.14. The Morgan fingerprint density at radius 3 is 3.04 bits per heavy atom. The topological polar surface area (TPSA) is 32.3 Å². The number of rotatable bonds is 5. The van der Waals surface area contributed by atoms with Gasteiger partial charge in [0.1, 0.15) is 5.78 Å². The van der Waals surface area contributed by atoms with Crippen LogP contribution in [0.1, 0.15) is 44.6 Å². The van der Waals surface area contributed by atoms with E-state index in [1.54, 1.807) is 0 Å². The molecule has 3 heteroatoms. The summed E-state index contributed by atoms with van der Waals surface area (Å²) < 4.78 is 0. The van der Waals surface area contributed by atoms with E-state index in [0.717, 1.165) is 51.7 Å². The highest BCUT2D eigenvalue weighted by Crippen LogP contribution is 2.56. The summed E-state index contributed by atoms with van der Waals surface area (Å²) in [5.74, 6) is 1.13. The van der Waals surface area contributed by atoms with Crippen LogP contribution in [0.4, 0.5) is 5.69 Å². The Kier molecular flexibility index (Phi) is 4.45. The van der Waals surface area contributed by atoms with Gasteiger partial charge in [-0.15, -0.1) is 6.58 Å². The molecule has 0 amide bonds. The van der Waals surface area contributed by atoms with Crippen molar-refractivity contribution in [2.75, 3.05) is 25.0 Å². The fraction of sp³-hybridized carbons (Fsp3) is 0.591. The van der Waals surface area contributed by atoms with Gasteiger partial charge >= 0.3 is 0 Å². The Morgan fingerprint density at radius 2 is 2.24 bits per heavy atom. The monoisotopic (exact) mass is 338 g/mol. The van der Waals surface area contributed by atoms with Crippen LogP contribution in [-0.4, -0.2) is 36.4 Å². The van der Waals surface area contributed by atoms with E-state index in [-0.39, 0.29) is 17.4 Å². The summed E-state index contributed by atoms with van der Waals surface area (Å²) >= 11 is 0. The van der Waals surface area contributed by atoms with Gasteiger partial charge in [-0.05, 0) is 36.9 Å². The van der Waals surface area contributed by atoms with Crippen molar-refractivity contribution in [1.82, 2.24) is 4.90 Å². The third-order valence-electron chi connectivity index (χ3n) is 6.82. The zero-order valence-electron chi connectivity index (χ0n) is 15.3. The van der Waals surface area contributed by atoms with Gasteiger partial charge in [-0.25, -0.2) is 0 Å². The van der Waals surface area contributed by atoms with Crippen LogP contribution in [0.2, 0.25) is 0 Å². The number of likely N-dealkylation sites (tertiary alicyclic amines) is 1. The van der Waals surface area contributed by atoms with Gasteiger partial charge < -0.3 is 5.32 Å². The number of benzene rings is 1. The molecule has 1 aromatic rings. The first-order valence-corrected chi connectivity index (χ1v) is 9.92. The van der Waals surface area contributed by atoms with E-state index in [0.29, 0.717) is 11.7 Å². The minimum atomic E-state index is 0.0875. The third-order valence-corrected chi connectivity index (χ3v) is 6.82. The van der Waals surface area contributed by atoms with E-state index < -0.39 is 0 Å². The molecule has 4 atom stereocenters. The molecule has 1 saturated carbocycles. The van der Waals surface area contributed by atoms with Crippen molar-refractivity contribution in [3.05, 3.63) is 42.5 Å². The number of para-hydroxylation sites is 1. The molecule has 1 saturated heterocycles. The average molecular weight is 338 g/mol. The predicted molar refractivity (Wildman–Crippen MR) is 103 cm³/mol. The second kappa shape index (κ2) is 6.60. The van der Waals surface area contributed by atoms with Crippen molar-refractivity contribution in [2.24, 2.45) is 11.8 Å². The first kappa shape index (κ1) is 16.8. The molecule has 0 radical (unpaired) electrons. The van der Waals surface area contributed by atoms with Crippen molar-refractivity contribution in [1.29, 1.82) is 0 Å². The van der Waals surface area contributed by atoms with E-state index in [4.69, 9.17) is 0 Å². The van der Waals surface area contributed by atoms with Crippen molar-refractivity contribution < 1.29 is 4.79 Å². The first-order chi connectivity index (χ1) is 12.2. The molecule has 3 nitrogen and oxygen atoms in total. The van der Waals surface area contributed by atoms with E-state index in [9.17, 15) is 4.79 Å². The molecule has 134 valence electrons. The molecule has 1 aromatic carbocycles. The van der Waals surface area contributed by atoms with Crippen LogP contribution in [0.5, 0.6) is 0 Å². The van der Waals surface area contributed by atoms with Crippen molar-refractivity contribution in [2.45, 2.75) is 50.5 Å². The minimum absolute atomic E-state index is 0.0875. The summed E-state index contributed by atoms with van der Waals surface area (Å²) in [6, 6.07) is 9.04. The van der Waals surface area contributed by atoms with Gasteiger partial charge in [0.25, 0.3) is 0 Å². The van der Waals surface area contributed by atoms with Crippen LogP contribution in [0.25, 0.3) is 0 Å². The Labute approximate surface area is 151 Å². The SMILES string of the molecule is C=CCN1CC[C@@H]2CC(=O)[C@H](CCCC)[C@@H]3Nc4ccccc4[C@]23C1.